The van der Waals surface area contributed by atoms with Crippen molar-refractivity contribution >= 4 is 11.7 Å². The number of hydrogen-bond acceptors (Lipinski definition) is 4. The van der Waals surface area contributed by atoms with E-state index >= 15 is 0 Å². The van der Waals surface area contributed by atoms with Crippen LogP contribution in [-0.2, 0) is 0 Å². The first-order valence-corrected chi connectivity index (χ1v) is 5.64. The smallest absolute Gasteiger partial charge is 0.335 e. The van der Waals surface area contributed by atoms with Crippen LogP contribution in [-0.4, -0.2) is 17.6 Å². The summed E-state index contributed by atoms with van der Waals surface area (Å²) in [4.78, 5) is 10.3. The molecule has 0 aliphatic carbocycles. The minimum absolute atomic E-state index is 0.259. The van der Waals surface area contributed by atoms with Gasteiger partial charge in [0, 0.05) is 12.2 Å². The molecule has 0 saturated carbocycles. The molecule has 0 unspecified atom stereocenters. The van der Waals surface area contributed by atoms with E-state index in [0.717, 1.165) is 6.54 Å². The lowest BCUT2D eigenvalue weighted by Crippen LogP contribution is -2.22. The topological polar surface area (TPSA) is 101 Å². The van der Waals surface area contributed by atoms with E-state index in [1.807, 2.05) is 0 Å². The zero-order valence-corrected chi connectivity index (χ0v) is 10.1. The maximum absolute atomic E-state index is 10.3. The van der Waals surface area contributed by atoms with E-state index in [1.54, 1.807) is 12.1 Å². The largest absolute Gasteiger partial charge is 0.478 e. The van der Waals surface area contributed by atoms with Gasteiger partial charge in [-0.1, -0.05) is 19.8 Å². The second-order valence-electron chi connectivity index (χ2n) is 3.59. The van der Waals surface area contributed by atoms with E-state index in [2.05, 4.69) is 12.3 Å². The Kier molecular flexibility index (Phi) is 8.72. The molecule has 0 heterocycles. The monoisotopic (exact) mass is 239 g/mol. The average Bonchev–Trinajstić information content (AvgIpc) is 2.31. The van der Waals surface area contributed by atoms with Gasteiger partial charge < -0.3 is 10.8 Å². The summed E-state index contributed by atoms with van der Waals surface area (Å²) >= 11 is 0. The molecule has 1 aromatic carbocycles. The predicted octanol–water partition coefficient (Wildman–Crippen LogP) is 1.61. The van der Waals surface area contributed by atoms with Gasteiger partial charge in [0.1, 0.15) is 0 Å². The Balaban J connectivity index is 0.000000325. The van der Waals surface area contributed by atoms with Gasteiger partial charge in [-0.25, -0.2) is 4.79 Å². The first-order chi connectivity index (χ1) is 8.11. The second-order valence-corrected chi connectivity index (χ2v) is 3.59. The highest BCUT2D eigenvalue weighted by atomic mass is 16.4. The van der Waals surface area contributed by atoms with E-state index in [0.29, 0.717) is 5.69 Å². The zero-order chi connectivity index (χ0) is 13.1. The van der Waals surface area contributed by atoms with Gasteiger partial charge in [0.2, 0.25) is 0 Å². The van der Waals surface area contributed by atoms with Gasteiger partial charge >= 0.3 is 5.97 Å². The summed E-state index contributed by atoms with van der Waals surface area (Å²) in [6, 6.07) is 6.06. The standard InChI is InChI=1S/C7H7NO2.C5H14N2/c8-6-3-1-5(2-4-6)7(9)10;1-2-3-4-5-7-6/h1-4H,8H2,(H,9,10);7H,2-6H2,1H3. The lowest BCUT2D eigenvalue weighted by atomic mass is 10.2. The molecule has 0 fully saturated rings. The highest BCUT2D eigenvalue weighted by Crippen LogP contribution is 2.04. The van der Waals surface area contributed by atoms with Crippen molar-refractivity contribution in [3.63, 3.8) is 0 Å². The molecule has 5 heteroatoms. The van der Waals surface area contributed by atoms with Crippen LogP contribution < -0.4 is 17.0 Å². The third-order valence-corrected chi connectivity index (χ3v) is 2.08. The number of carboxylic acid groups (broad SMARTS) is 1. The molecule has 96 valence electrons. The van der Waals surface area contributed by atoms with Crippen molar-refractivity contribution in [1.29, 1.82) is 0 Å². The lowest BCUT2D eigenvalue weighted by Gasteiger charge is -1.93. The van der Waals surface area contributed by atoms with E-state index in [9.17, 15) is 4.79 Å². The highest BCUT2D eigenvalue weighted by Gasteiger charge is 1.98. The molecule has 0 aliphatic heterocycles. The van der Waals surface area contributed by atoms with E-state index in [-0.39, 0.29) is 5.56 Å². The fourth-order valence-electron chi connectivity index (χ4n) is 1.10. The zero-order valence-electron chi connectivity index (χ0n) is 10.1. The van der Waals surface area contributed by atoms with Crippen molar-refractivity contribution in [3.05, 3.63) is 29.8 Å². The van der Waals surface area contributed by atoms with Crippen LogP contribution in [0.25, 0.3) is 0 Å². The van der Waals surface area contributed by atoms with Crippen LogP contribution >= 0.6 is 0 Å². The summed E-state index contributed by atoms with van der Waals surface area (Å²) < 4.78 is 0. The molecule has 6 N–H and O–H groups in total. The van der Waals surface area contributed by atoms with Gasteiger partial charge in [-0.05, 0) is 30.7 Å². The minimum Gasteiger partial charge on any atom is -0.478 e. The predicted molar refractivity (Wildman–Crippen MR) is 69.5 cm³/mol. The highest BCUT2D eigenvalue weighted by molar-refractivity contribution is 5.87. The third-order valence-electron chi connectivity index (χ3n) is 2.08. The molecule has 0 saturated heterocycles. The fourth-order valence-corrected chi connectivity index (χ4v) is 1.10. The maximum Gasteiger partial charge on any atom is 0.335 e. The van der Waals surface area contributed by atoms with Gasteiger partial charge in [0.05, 0.1) is 5.56 Å². The Morgan fingerprint density at radius 3 is 2.29 bits per heavy atom. The van der Waals surface area contributed by atoms with Gasteiger partial charge in [-0.15, -0.1) is 0 Å². The van der Waals surface area contributed by atoms with Gasteiger partial charge in [0.15, 0.2) is 0 Å². The number of benzene rings is 1. The summed E-state index contributed by atoms with van der Waals surface area (Å²) in [6.45, 7) is 3.13. The Morgan fingerprint density at radius 1 is 1.29 bits per heavy atom. The normalized spacial score (nSPS) is 9.29. The van der Waals surface area contributed by atoms with Crippen LogP contribution in [0.4, 0.5) is 5.69 Å². The Hall–Kier alpha value is -1.59. The van der Waals surface area contributed by atoms with Crippen LogP contribution in [0, 0.1) is 0 Å². The van der Waals surface area contributed by atoms with Crippen LogP contribution in [0.3, 0.4) is 0 Å². The molecule has 0 atom stereocenters. The Morgan fingerprint density at radius 2 is 1.88 bits per heavy atom. The Labute approximate surface area is 102 Å². The molecule has 17 heavy (non-hydrogen) atoms. The molecule has 0 spiro atoms. The number of carbonyl (C=O) groups is 1. The van der Waals surface area contributed by atoms with E-state index in [1.165, 1.54) is 31.4 Å². The molecule has 0 radical (unpaired) electrons. The van der Waals surface area contributed by atoms with E-state index in [4.69, 9.17) is 16.7 Å². The number of nitrogens with one attached hydrogen (secondary N) is 1. The summed E-state index contributed by atoms with van der Waals surface area (Å²) in [6.07, 6.45) is 3.75. The van der Waals surface area contributed by atoms with Gasteiger partial charge in [-0.2, -0.15) is 0 Å². The first kappa shape index (κ1) is 15.4. The number of hydrogen-bond donors (Lipinski definition) is 4. The number of nitrogens with two attached hydrogens (primary N) is 2. The van der Waals surface area contributed by atoms with Crippen LogP contribution in [0.5, 0.6) is 0 Å². The van der Waals surface area contributed by atoms with Crippen molar-refractivity contribution in [2.75, 3.05) is 12.3 Å². The molecular formula is C12H21N3O2. The summed E-state index contributed by atoms with van der Waals surface area (Å²) in [5.74, 6) is 4.09. The van der Waals surface area contributed by atoms with Crippen molar-refractivity contribution < 1.29 is 9.90 Å². The average molecular weight is 239 g/mol. The first-order valence-electron chi connectivity index (χ1n) is 5.64. The molecule has 5 nitrogen and oxygen atoms in total. The van der Waals surface area contributed by atoms with Gasteiger partial charge in [0.25, 0.3) is 0 Å². The van der Waals surface area contributed by atoms with Gasteiger partial charge in [-0.3, -0.25) is 11.3 Å². The molecule has 1 rings (SSSR count). The number of anilines is 1. The summed E-state index contributed by atoms with van der Waals surface area (Å²) in [7, 11) is 0. The molecule has 0 amide bonds. The molecule has 1 aromatic rings. The van der Waals surface area contributed by atoms with Crippen LogP contribution in [0.2, 0.25) is 0 Å². The fraction of sp³-hybridized carbons (Fsp3) is 0.417. The number of unbranched alkanes of at least 4 members (excludes halogenated alkanes) is 2. The molecular weight excluding hydrogens is 218 g/mol. The molecule has 0 bridgehead atoms. The van der Waals surface area contributed by atoms with Crippen LogP contribution in [0.15, 0.2) is 24.3 Å². The summed E-state index contributed by atoms with van der Waals surface area (Å²) in [5, 5.41) is 8.43. The SMILES string of the molecule is CCCCCNN.Nc1ccc(C(=O)O)cc1. The molecule has 0 aromatic heterocycles. The number of nitrogen functional groups attached to an aromatic ring is 1. The Bertz CT molecular complexity index is 308. The van der Waals surface area contributed by atoms with Crippen molar-refractivity contribution in [3.8, 4) is 0 Å². The molecule has 0 aliphatic rings. The number of carboxylic acids is 1. The van der Waals surface area contributed by atoms with Crippen molar-refractivity contribution in [2.24, 2.45) is 5.84 Å². The number of hydrazine groups is 1. The summed E-state index contributed by atoms with van der Waals surface area (Å²) in [5.41, 5.74) is 8.77. The quantitative estimate of drug-likeness (QED) is 0.270. The van der Waals surface area contributed by atoms with Crippen molar-refractivity contribution in [1.82, 2.24) is 5.43 Å². The van der Waals surface area contributed by atoms with E-state index < -0.39 is 5.97 Å². The third kappa shape index (κ3) is 8.24. The second kappa shape index (κ2) is 9.62. The lowest BCUT2D eigenvalue weighted by molar-refractivity contribution is 0.0697. The van der Waals surface area contributed by atoms with Crippen molar-refractivity contribution in [2.45, 2.75) is 26.2 Å². The maximum atomic E-state index is 10.3. The number of rotatable bonds is 5. The van der Waals surface area contributed by atoms with Crippen LogP contribution in [0.1, 0.15) is 36.5 Å². The minimum atomic E-state index is -0.931. The number of aromatic carboxylic acids is 1.